The van der Waals surface area contributed by atoms with Crippen LogP contribution in [0.25, 0.3) is 0 Å². The molecule has 0 amide bonds. The molecule has 0 spiro atoms. The zero-order chi connectivity index (χ0) is 18.8. The van der Waals surface area contributed by atoms with Gasteiger partial charge in [0.05, 0.1) is 7.11 Å². The van der Waals surface area contributed by atoms with Gasteiger partial charge in [-0.1, -0.05) is 20.8 Å². The number of pyridine rings is 1. The summed E-state index contributed by atoms with van der Waals surface area (Å²) in [7, 11) is -0.538. The predicted octanol–water partition coefficient (Wildman–Crippen LogP) is 4.14. The van der Waals surface area contributed by atoms with Crippen molar-refractivity contribution in [3.63, 3.8) is 0 Å². The fourth-order valence-electron chi connectivity index (χ4n) is 3.14. The maximum atomic E-state index is 12.6. The molecule has 0 aromatic carbocycles. The lowest BCUT2D eigenvalue weighted by Gasteiger charge is -2.41. The Morgan fingerprint density at radius 1 is 1.28 bits per heavy atom. The molecule has 0 aliphatic heterocycles. The molecule has 25 heavy (non-hydrogen) atoms. The molecule has 2 rings (SSSR count). The Bertz CT molecular complexity index is 675. The maximum absolute atomic E-state index is 12.6. The molecule has 1 aromatic rings. The van der Waals surface area contributed by atoms with Crippen molar-refractivity contribution >= 4 is 14.3 Å². The van der Waals surface area contributed by atoms with Crippen molar-refractivity contribution in [1.29, 1.82) is 0 Å². The molecule has 1 heterocycles. The first-order chi connectivity index (χ1) is 11.6. The fourth-order valence-corrected chi connectivity index (χ4v) is 4.54. The van der Waals surface area contributed by atoms with Crippen LogP contribution in [0.15, 0.2) is 23.1 Å². The van der Waals surface area contributed by atoms with E-state index in [1.165, 1.54) is 13.2 Å². The lowest BCUT2D eigenvalue weighted by Crippen LogP contribution is -2.45. The molecule has 1 aliphatic rings. The van der Waals surface area contributed by atoms with E-state index in [-0.39, 0.29) is 28.3 Å². The highest BCUT2D eigenvalue weighted by atomic mass is 28.4. The average molecular weight is 366 g/mol. The molecule has 1 aromatic heterocycles. The number of carbonyl (C=O) groups is 1. The van der Waals surface area contributed by atoms with Crippen molar-refractivity contribution in [3.05, 3.63) is 34.2 Å². The summed E-state index contributed by atoms with van der Waals surface area (Å²) in [5.41, 5.74) is -0.176. The van der Waals surface area contributed by atoms with E-state index in [1.807, 2.05) is 0 Å². The minimum absolute atomic E-state index is 0.0700. The quantitative estimate of drug-likeness (QED) is 0.594. The van der Waals surface area contributed by atoms with E-state index in [1.54, 1.807) is 16.8 Å². The number of rotatable bonds is 4. The minimum Gasteiger partial charge on any atom is -0.465 e. The monoisotopic (exact) mass is 365 g/mol. The molecular weight excluding hydrogens is 334 g/mol. The first-order valence-corrected chi connectivity index (χ1v) is 11.9. The third-order valence-corrected chi connectivity index (χ3v) is 10.2. The van der Waals surface area contributed by atoms with Crippen LogP contribution in [0.2, 0.25) is 18.1 Å². The molecule has 2 unspecified atom stereocenters. The van der Waals surface area contributed by atoms with Gasteiger partial charge in [-0.3, -0.25) is 4.79 Å². The number of hydrogen-bond acceptors (Lipinski definition) is 4. The Morgan fingerprint density at radius 2 is 1.96 bits per heavy atom. The molecule has 5 nitrogen and oxygen atoms in total. The van der Waals surface area contributed by atoms with E-state index in [0.717, 1.165) is 25.7 Å². The van der Waals surface area contributed by atoms with E-state index in [9.17, 15) is 9.59 Å². The third kappa shape index (κ3) is 4.42. The molecule has 0 N–H and O–H groups in total. The van der Waals surface area contributed by atoms with Gasteiger partial charge < -0.3 is 13.7 Å². The number of nitrogens with zero attached hydrogens (tertiary/aromatic N) is 1. The van der Waals surface area contributed by atoms with Gasteiger partial charge in [0.2, 0.25) is 0 Å². The Labute approximate surface area is 151 Å². The largest absolute Gasteiger partial charge is 0.465 e. The molecule has 1 fully saturated rings. The molecule has 140 valence electrons. The van der Waals surface area contributed by atoms with Gasteiger partial charge in [0, 0.05) is 18.3 Å². The normalized spacial score (nSPS) is 21.8. The molecule has 0 saturated heterocycles. The number of esters is 1. The second-order valence-electron chi connectivity index (χ2n) is 8.45. The first kappa shape index (κ1) is 19.9. The van der Waals surface area contributed by atoms with Crippen LogP contribution < -0.4 is 5.56 Å². The number of ether oxygens (including phenoxy) is 1. The van der Waals surface area contributed by atoms with Gasteiger partial charge in [-0.15, -0.1) is 0 Å². The van der Waals surface area contributed by atoms with Crippen LogP contribution in [0.3, 0.4) is 0 Å². The van der Waals surface area contributed by atoms with Gasteiger partial charge in [0.15, 0.2) is 8.32 Å². The van der Waals surface area contributed by atoms with Gasteiger partial charge in [-0.2, -0.15) is 0 Å². The molecular formula is C19H31NO4Si. The average Bonchev–Trinajstić information content (AvgIpc) is 2.53. The van der Waals surface area contributed by atoms with Crippen molar-refractivity contribution in [2.24, 2.45) is 0 Å². The summed E-state index contributed by atoms with van der Waals surface area (Å²) >= 11 is 0. The molecule has 1 saturated carbocycles. The topological polar surface area (TPSA) is 57.5 Å². The van der Waals surface area contributed by atoms with E-state index in [0.29, 0.717) is 0 Å². The Balaban J connectivity index is 2.20. The van der Waals surface area contributed by atoms with Crippen molar-refractivity contribution in [3.8, 4) is 0 Å². The van der Waals surface area contributed by atoms with Crippen LogP contribution in [0.4, 0.5) is 0 Å². The number of aromatic nitrogens is 1. The number of methoxy groups -OCH3 is 1. The Kier molecular flexibility index (Phi) is 5.94. The van der Waals surface area contributed by atoms with Crippen LogP contribution in [-0.4, -0.2) is 32.1 Å². The highest BCUT2D eigenvalue weighted by Crippen LogP contribution is 2.40. The van der Waals surface area contributed by atoms with Gasteiger partial charge in [0.1, 0.15) is 5.56 Å². The molecule has 2 atom stereocenters. The predicted molar refractivity (Wildman–Crippen MR) is 102 cm³/mol. The summed E-state index contributed by atoms with van der Waals surface area (Å²) in [4.78, 5) is 24.4. The summed E-state index contributed by atoms with van der Waals surface area (Å²) in [5.74, 6) is -0.579. The van der Waals surface area contributed by atoms with Crippen LogP contribution in [-0.2, 0) is 9.16 Å². The van der Waals surface area contributed by atoms with Crippen LogP contribution in [0, 0.1) is 0 Å². The molecule has 0 radical (unpaired) electrons. The third-order valence-electron chi connectivity index (χ3n) is 5.64. The second-order valence-corrected chi connectivity index (χ2v) is 13.2. The van der Waals surface area contributed by atoms with Crippen LogP contribution in [0.1, 0.15) is 62.9 Å². The standard InChI is InChI=1S/C19H31NO4Si/c1-19(2,3)25(5,6)24-15-10-7-9-14(13-15)20-12-8-11-16(17(20)21)18(22)23-4/h8,11-12,14-15H,7,9-10,13H2,1-6H3. The molecule has 1 aliphatic carbocycles. The van der Waals surface area contributed by atoms with Gasteiger partial charge >= 0.3 is 5.97 Å². The van der Waals surface area contributed by atoms with Crippen molar-refractivity contribution in [1.82, 2.24) is 4.57 Å². The highest BCUT2D eigenvalue weighted by molar-refractivity contribution is 6.74. The molecule has 6 heteroatoms. The fraction of sp³-hybridized carbons (Fsp3) is 0.684. The summed E-state index contributed by atoms with van der Waals surface area (Å²) in [6.07, 6.45) is 5.76. The van der Waals surface area contributed by atoms with Crippen LogP contribution >= 0.6 is 0 Å². The van der Waals surface area contributed by atoms with E-state index in [2.05, 4.69) is 33.9 Å². The smallest absolute Gasteiger partial charge is 0.343 e. The number of carbonyl (C=O) groups excluding carboxylic acids is 1. The second kappa shape index (κ2) is 7.46. The lowest BCUT2D eigenvalue weighted by molar-refractivity contribution is 0.0597. The van der Waals surface area contributed by atoms with Crippen molar-refractivity contribution in [2.45, 2.75) is 76.7 Å². The van der Waals surface area contributed by atoms with Crippen molar-refractivity contribution < 1.29 is 14.0 Å². The van der Waals surface area contributed by atoms with Gasteiger partial charge in [-0.05, 0) is 55.9 Å². The van der Waals surface area contributed by atoms with E-state index in [4.69, 9.17) is 9.16 Å². The lowest BCUT2D eigenvalue weighted by atomic mass is 9.92. The summed E-state index contributed by atoms with van der Waals surface area (Å²) in [5, 5.41) is 0.168. The SMILES string of the molecule is COC(=O)c1cccn(C2CCCC(O[Si](C)(C)C(C)(C)C)C2)c1=O. The minimum atomic E-state index is -1.83. The molecule has 0 bridgehead atoms. The first-order valence-electron chi connectivity index (χ1n) is 9.04. The highest BCUT2D eigenvalue weighted by Gasteiger charge is 2.40. The van der Waals surface area contributed by atoms with Crippen molar-refractivity contribution in [2.75, 3.05) is 7.11 Å². The van der Waals surface area contributed by atoms with Crippen LogP contribution in [0.5, 0.6) is 0 Å². The number of hydrogen-bond donors (Lipinski definition) is 0. The maximum Gasteiger partial charge on any atom is 0.343 e. The van der Waals surface area contributed by atoms with E-state index >= 15 is 0 Å². The zero-order valence-corrected chi connectivity index (χ0v) is 17.3. The van der Waals surface area contributed by atoms with E-state index < -0.39 is 14.3 Å². The van der Waals surface area contributed by atoms with Gasteiger partial charge in [0.25, 0.3) is 5.56 Å². The zero-order valence-electron chi connectivity index (χ0n) is 16.3. The Morgan fingerprint density at radius 3 is 2.56 bits per heavy atom. The summed E-state index contributed by atoms with van der Waals surface area (Å²) in [6, 6.07) is 3.34. The summed E-state index contributed by atoms with van der Waals surface area (Å²) in [6.45, 7) is 11.2. The summed E-state index contributed by atoms with van der Waals surface area (Å²) < 4.78 is 13.0. The Hall–Kier alpha value is -1.40. The van der Waals surface area contributed by atoms with Gasteiger partial charge in [-0.25, -0.2) is 4.79 Å².